The van der Waals surface area contributed by atoms with Gasteiger partial charge in [-0.1, -0.05) is 12.1 Å². The van der Waals surface area contributed by atoms with E-state index in [1.54, 1.807) is 17.8 Å². The molecule has 3 heterocycles. The fourth-order valence-electron chi connectivity index (χ4n) is 3.35. The van der Waals surface area contributed by atoms with Gasteiger partial charge in [0.25, 0.3) is 0 Å². The Morgan fingerprint density at radius 2 is 2.16 bits per heavy atom. The summed E-state index contributed by atoms with van der Waals surface area (Å²) in [5.41, 5.74) is 3.68. The number of amides is 2. The molecule has 0 fully saturated rings. The van der Waals surface area contributed by atoms with Crippen LogP contribution in [0.3, 0.4) is 0 Å². The predicted octanol–water partition coefficient (Wildman–Crippen LogP) is 2.63. The van der Waals surface area contributed by atoms with Gasteiger partial charge in [-0.2, -0.15) is 0 Å². The topological polar surface area (TPSA) is 96.5 Å². The number of benzene rings is 1. The van der Waals surface area contributed by atoms with Gasteiger partial charge in [-0.25, -0.2) is 9.37 Å². The molecule has 1 aromatic carbocycles. The quantitative estimate of drug-likeness (QED) is 0.591. The van der Waals surface area contributed by atoms with Gasteiger partial charge in [-0.05, 0) is 30.2 Å². The lowest BCUT2D eigenvalue weighted by molar-refractivity contribution is -0.146. The van der Waals surface area contributed by atoms with E-state index in [1.807, 2.05) is 12.1 Å². The molecule has 8 nitrogen and oxygen atoms in total. The standard InChI is InChI=1S/C21H20FN5O3S/c1-30-17-4-2-3-15(22)14(17)9-24-20(28)21(29)27-8-7-13-5-6-18(25-16(13)11-27)26-19-10-23-12-31-19/h2-6,10,12H,7-9,11H2,1H3,(H,24,28)(H,25,26). The number of fused-ring (bicyclic) bond motifs is 1. The molecule has 0 bridgehead atoms. The van der Waals surface area contributed by atoms with Crippen LogP contribution in [0.1, 0.15) is 16.8 Å². The Morgan fingerprint density at radius 3 is 2.94 bits per heavy atom. The van der Waals surface area contributed by atoms with E-state index in [4.69, 9.17) is 4.74 Å². The van der Waals surface area contributed by atoms with Crippen molar-refractivity contribution in [2.45, 2.75) is 19.5 Å². The highest BCUT2D eigenvalue weighted by Crippen LogP contribution is 2.24. The number of halogens is 1. The second kappa shape index (κ2) is 9.09. The van der Waals surface area contributed by atoms with Gasteiger partial charge in [0, 0.05) is 18.7 Å². The number of nitrogens with zero attached hydrogens (tertiary/aromatic N) is 3. The van der Waals surface area contributed by atoms with Gasteiger partial charge >= 0.3 is 11.8 Å². The largest absolute Gasteiger partial charge is 0.496 e. The molecular formula is C21H20FN5O3S. The molecule has 3 aromatic rings. The molecule has 0 unspecified atom stereocenters. The van der Waals surface area contributed by atoms with Gasteiger partial charge < -0.3 is 20.3 Å². The number of hydrogen-bond donors (Lipinski definition) is 2. The van der Waals surface area contributed by atoms with Gasteiger partial charge in [-0.3, -0.25) is 14.6 Å². The summed E-state index contributed by atoms with van der Waals surface area (Å²) < 4.78 is 19.2. The summed E-state index contributed by atoms with van der Waals surface area (Å²) in [4.78, 5) is 35.1. The summed E-state index contributed by atoms with van der Waals surface area (Å²) >= 11 is 1.46. The van der Waals surface area contributed by atoms with Gasteiger partial charge in [0.15, 0.2) is 0 Å². The first-order valence-electron chi connectivity index (χ1n) is 9.58. The van der Waals surface area contributed by atoms with Crippen molar-refractivity contribution in [2.24, 2.45) is 0 Å². The summed E-state index contributed by atoms with van der Waals surface area (Å²) in [5.74, 6) is -1.03. The predicted molar refractivity (Wildman–Crippen MR) is 114 cm³/mol. The number of hydrogen-bond acceptors (Lipinski definition) is 7. The van der Waals surface area contributed by atoms with Crippen LogP contribution in [-0.2, 0) is 29.1 Å². The van der Waals surface area contributed by atoms with Crippen molar-refractivity contribution in [3.05, 3.63) is 64.7 Å². The number of anilines is 2. The Hall–Kier alpha value is -3.53. The zero-order chi connectivity index (χ0) is 21.8. The van der Waals surface area contributed by atoms with E-state index in [9.17, 15) is 14.0 Å². The maximum atomic E-state index is 14.0. The first kappa shape index (κ1) is 20.7. The van der Waals surface area contributed by atoms with Crippen LogP contribution in [0.5, 0.6) is 5.75 Å². The molecule has 4 rings (SSSR count). The highest BCUT2D eigenvalue weighted by molar-refractivity contribution is 7.13. The number of thiazole rings is 1. The Kier molecular flexibility index (Phi) is 6.08. The summed E-state index contributed by atoms with van der Waals surface area (Å²) in [6.07, 6.45) is 2.31. The third kappa shape index (κ3) is 4.64. The zero-order valence-electron chi connectivity index (χ0n) is 16.7. The van der Waals surface area contributed by atoms with Crippen LogP contribution in [0.15, 0.2) is 42.0 Å². The molecule has 2 amide bonds. The van der Waals surface area contributed by atoms with Crippen LogP contribution in [0.4, 0.5) is 15.2 Å². The molecule has 0 radical (unpaired) electrons. The lowest BCUT2D eigenvalue weighted by Crippen LogP contribution is -2.45. The second-order valence-corrected chi connectivity index (χ2v) is 7.76. The normalized spacial score (nSPS) is 12.8. The van der Waals surface area contributed by atoms with Crippen LogP contribution in [0.25, 0.3) is 0 Å². The number of ether oxygens (including phenoxy) is 1. The van der Waals surface area contributed by atoms with Crippen molar-refractivity contribution in [3.8, 4) is 5.75 Å². The van der Waals surface area contributed by atoms with Gasteiger partial charge in [0.2, 0.25) is 0 Å². The van der Waals surface area contributed by atoms with E-state index < -0.39 is 17.6 Å². The molecule has 0 saturated carbocycles. The number of carbonyl (C=O) groups is 2. The molecule has 1 aliphatic rings. The molecule has 0 atom stereocenters. The average molecular weight is 441 g/mol. The first-order chi connectivity index (χ1) is 15.0. The molecule has 0 saturated heterocycles. The van der Waals surface area contributed by atoms with E-state index in [2.05, 4.69) is 20.6 Å². The van der Waals surface area contributed by atoms with Crippen molar-refractivity contribution >= 4 is 34.0 Å². The maximum Gasteiger partial charge on any atom is 0.312 e. The SMILES string of the molecule is COc1cccc(F)c1CNC(=O)C(=O)N1CCc2ccc(Nc3cncs3)nc2C1. The number of carbonyl (C=O) groups excluding carboxylic acids is 2. The Balaban J connectivity index is 1.40. The van der Waals surface area contributed by atoms with Crippen LogP contribution >= 0.6 is 11.3 Å². The molecule has 0 spiro atoms. The summed E-state index contributed by atoms with van der Waals surface area (Å²) in [6, 6.07) is 8.23. The zero-order valence-corrected chi connectivity index (χ0v) is 17.5. The fraction of sp³-hybridized carbons (Fsp3) is 0.238. The van der Waals surface area contributed by atoms with Crippen LogP contribution in [-0.4, -0.2) is 40.3 Å². The molecule has 160 valence electrons. The summed E-state index contributed by atoms with van der Waals surface area (Å²) in [5, 5.41) is 6.52. The summed E-state index contributed by atoms with van der Waals surface area (Å²) in [6.45, 7) is 0.487. The number of nitrogens with one attached hydrogen (secondary N) is 2. The minimum Gasteiger partial charge on any atom is -0.496 e. The van der Waals surface area contributed by atoms with E-state index in [1.165, 1.54) is 35.5 Å². The number of aromatic nitrogens is 2. The van der Waals surface area contributed by atoms with Crippen molar-refractivity contribution < 1.29 is 18.7 Å². The fourth-order valence-corrected chi connectivity index (χ4v) is 3.87. The number of rotatable bonds is 5. The smallest absolute Gasteiger partial charge is 0.312 e. The van der Waals surface area contributed by atoms with Crippen molar-refractivity contribution in [3.63, 3.8) is 0 Å². The lowest BCUT2D eigenvalue weighted by atomic mass is 10.0. The van der Waals surface area contributed by atoms with Gasteiger partial charge in [-0.15, -0.1) is 11.3 Å². The van der Waals surface area contributed by atoms with Crippen LogP contribution in [0, 0.1) is 5.82 Å². The van der Waals surface area contributed by atoms with Gasteiger partial charge in [0.05, 0.1) is 31.1 Å². The van der Waals surface area contributed by atoms with Crippen LogP contribution < -0.4 is 15.4 Å². The minimum absolute atomic E-state index is 0.147. The molecule has 10 heteroatoms. The first-order valence-corrected chi connectivity index (χ1v) is 10.5. The Morgan fingerprint density at radius 1 is 1.29 bits per heavy atom. The Bertz CT molecular complexity index is 1110. The van der Waals surface area contributed by atoms with Crippen molar-refractivity contribution in [1.82, 2.24) is 20.2 Å². The highest BCUT2D eigenvalue weighted by atomic mass is 32.1. The average Bonchev–Trinajstić information content (AvgIpc) is 3.30. The van der Waals surface area contributed by atoms with Crippen molar-refractivity contribution in [1.29, 1.82) is 0 Å². The second-order valence-electron chi connectivity index (χ2n) is 6.87. The molecule has 2 aromatic heterocycles. The van der Waals surface area contributed by atoms with E-state index in [-0.39, 0.29) is 18.7 Å². The number of methoxy groups -OCH3 is 1. The van der Waals surface area contributed by atoms with E-state index in [0.717, 1.165) is 16.3 Å². The molecule has 31 heavy (non-hydrogen) atoms. The van der Waals surface area contributed by atoms with Gasteiger partial charge in [0.1, 0.15) is 22.4 Å². The third-order valence-corrected chi connectivity index (χ3v) is 5.64. The number of pyridine rings is 1. The third-order valence-electron chi connectivity index (χ3n) is 4.95. The molecule has 1 aliphatic heterocycles. The van der Waals surface area contributed by atoms with Crippen molar-refractivity contribution in [2.75, 3.05) is 19.0 Å². The highest BCUT2D eigenvalue weighted by Gasteiger charge is 2.27. The molecule has 0 aliphatic carbocycles. The maximum absolute atomic E-state index is 14.0. The minimum atomic E-state index is -0.798. The molecule has 2 N–H and O–H groups in total. The Labute approximate surface area is 182 Å². The lowest BCUT2D eigenvalue weighted by Gasteiger charge is -2.28. The monoisotopic (exact) mass is 441 g/mol. The van der Waals surface area contributed by atoms with E-state index >= 15 is 0 Å². The van der Waals surface area contributed by atoms with Crippen LogP contribution in [0.2, 0.25) is 0 Å². The summed E-state index contributed by atoms with van der Waals surface area (Å²) in [7, 11) is 1.42. The van der Waals surface area contributed by atoms with E-state index in [0.29, 0.717) is 24.5 Å². The molecular weight excluding hydrogens is 421 g/mol.